The lowest BCUT2D eigenvalue weighted by Gasteiger charge is -2.16. The lowest BCUT2D eigenvalue weighted by Crippen LogP contribution is -2.08. The summed E-state index contributed by atoms with van der Waals surface area (Å²) >= 11 is 6.37. The van der Waals surface area contributed by atoms with E-state index in [0.29, 0.717) is 62.5 Å². The van der Waals surface area contributed by atoms with Gasteiger partial charge in [-0.25, -0.2) is 9.59 Å². The Morgan fingerprint density at radius 2 is 1.82 bits per heavy atom. The molecule has 1 aromatic heterocycles. The molecule has 0 aliphatic carbocycles. The van der Waals surface area contributed by atoms with Crippen molar-refractivity contribution in [1.82, 2.24) is 9.78 Å². The van der Waals surface area contributed by atoms with Crippen LogP contribution < -0.4 is 18.9 Å². The van der Waals surface area contributed by atoms with E-state index in [1.807, 2.05) is 4.68 Å². The van der Waals surface area contributed by atoms with Gasteiger partial charge in [-0.1, -0.05) is 43.1 Å². The van der Waals surface area contributed by atoms with E-state index in [2.05, 4.69) is 12.0 Å². The Morgan fingerprint density at radius 3 is 2.55 bits per heavy atom. The summed E-state index contributed by atoms with van der Waals surface area (Å²) in [6, 6.07) is 15.2. The number of hydrogen-bond donors (Lipinski definition) is 2. The fourth-order valence-electron chi connectivity index (χ4n) is 4.97. The van der Waals surface area contributed by atoms with E-state index in [4.69, 9.17) is 30.5 Å². The number of aromatic carboxylic acids is 1. The average molecular weight is 619 g/mol. The van der Waals surface area contributed by atoms with Gasteiger partial charge >= 0.3 is 11.9 Å². The first-order valence-electron chi connectivity index (χ1n) is 14.0. The van der Waals surface area contributed by atoms with Gasteiger partial charge in [0.25, 0.3) is 0 Å². The number of unbranched alkanes of at least 4 members (excludes halogenated alkanes) is 1. The molecule has 0 saturated heterocycles. The van der Waals surface area contributed by atoms with Crippen LogP contribution in [0.4, 0.5) is 0 Å². The molecule has 3 aromatic carbocycles. The lowest BCUT2D eigenvalue weighted by atomic mass is 9.99. The lowest BCUT2D eigenvalue weighted by molar-refractivity contribution is -0.132. The van der Waals surface area contributed by atoms with Crippen LogP contribution in [-0.2, 0) is 24.4 Å². The maximum Gasteiger partial charge on any atom is 0.336 e. The topological polar surface area (TPSA) is 129 Å². The zero-order valence-corrected chi connectivity index (χ0v) is 25.0. The van der Waals surface area contributed by atoms with E-state index in [9.17, 15) is 19.8 Å². The highest BCUT2D eigenvalue weighted by atomic mass is 35.5. The van der Waals surface area contributed by atoms with Crippen LogP contribution in [0.2, 0.25) is 5.02 Å². The molecule has 0 unspecified atom stereocenters. The van der Waals surface area contributed by atoms with Crippen molar-refractivity contribution in [2.75, 3.05) is 13.9 Å². The van der Waals surface area contributed by atoms with Crippen molar-refractivity contribution in [2.24, 2.45) is 0 Å². The molecule has 0 saturated carbocycles. The number of ether oxygens (including phenoxy) is 4. The number of fused-ring (bicyclic) bond motifs is 1. The molecule has 1 aliphatic heterocycles. The van der Waals surface area contributed by atoms with Crippen LogP contribution in [-0.4, -0.2) is 45.8 Å². The summed E-state index contributed by atoms with van der Waals surface area (Å²) in [5.41, 5.74) is 3.20. The minimum Gasteiger partial charge on any atom is -0.496 e. The first-order valence-corrected chi connectivity index (χ1v) is 14.4. The summed E-state index contributed by atoms with van der Waals surface area (Å²) in [4.78, 5) is 24.3. The third-order valence-corrected chi connectivity index (χ3v) is 7.42. The smallest absolute Gasteiger partial charge is 0.336 e. The Bertz CT molecular complexity index is 1730. The highest BCUT2D eigenvalue weighted by Gasteiger charge is 2.23. The molecular formula is C33H31ClN2O8. The first-order chi connectivity index (χ1) is 21.3. The Kier molecular flexibility index (Phi) is 9.40. The monoisotopic (exact) mass is 618 g/mol. The molecule has 2 heterocycles. The Morgan fingerprint density at radius 1 is 1.05 bits per heavy atom. The zero-order chi connectivity index (χ0) is 31.2. The summed E-state index contributed by atoms with van der Waals surface area (Å²) in [5.74, 6) is -0.218. The number of benzene rings is 3. The number of nitrogens with zero attached hydrogens (tertiary/aromatic N) is 2. The SMILES string of the molecule is CCCCn1ncc(C=C(Cc2cc3c(cc2OC)OCO3)C(=O)O)c1-c1ccc(Cl)cc1OCc1ccccc1C(=O)O. The highest BCUT2D eigenvalue weighted by molar-refractivity contribution is 6.30. The van der Waals surface area contributed by atoms with Crippen LogP contribution in [0.3, 0.4) is 0 Å². The van der Waals surface area contributed by atoms with Gasteiger partial charge in [-0.05, 0) is 42.8 Å². The number of carbonyl (C=O) groups is 2. The Hall–Kier alpha value is -4.96. The first kappa shape index (κ1) is 30.5. The van der Waals surface area contributed by atoms with Crippen LogP contribution in [0.15, 0.2) is 66.4 Å². The van der Waals surface area contributed by atoms with Crippen LogP contribution in [0.25, 0.3) is 17.3 Å². The van der Waals surface area contributed by atoms with Gasteiger partial charge in [-0.2, -0.15) is 5.10 Å². The van der Waals surface area contributed by atoms with E-state index >= 15 is 0 Å². The summed E-state index contributed by atoms with van der Waals surface area (Å²) in [7, 11) is 1.51. The van der Waals surface area contributed by atoms with Crippen molar-refractivity contribution in [3.05, 3.63) is 93.6 Å². The Labute approximate surface area is 259 Å². The molecular weight excluding hydrogens is 588 g/mol. The fourth-order valence-corrected chi connectivity index (χ4v) is 5.14. The second kappa shape index (κ2) is 13.6. The maximum absolute atomic E-state index is 12.5. The molecule has 0 spiro atoms. The van der Waals surface area contributed by atoms with Crippen molar-refractivity contribution in [3.8, 4) is 34.3 Å². The summed E-state index contributed by atoms with van der Waals surface area (Å²) in [6.07, 6.45) is 5.03. The normalized spacial score (nSPS) is 12.3. The number of aromatic nitrogens is 2. The van der Waals surface area contributed by atoms with Crippen molar-refractivity contribution in [1.29, 1.82) is 0 Å². The molecule has 10 nitrogen and oxygen atoms in total. The standard InChI is InChI=1S/C33H31ClN2O8/c1-3-4-11-36-31(26-10-9-24(34)15-28(26)42-18-20-7-5-6-8-25(20)33(39)40)23(17-35-36)13-22(32(37)38)12-21-14-29-30(44-19-43-29)16-27(21)41-2/h5-10,13-17H,3-4,11-12,18-19H2,1-2H3,(H,37,38)(H,39,40). The molecule has 0 radical (unpaired) electrons. The third kappa shape index (κ3) is 6.65. The molecule has 4 aromatic rings. The summed E-state index contributed by atoms with van der Waals surface area (Å²) in [6.45, 7) is 2.72. The molecule has 228 valence electrons. The van der Waals surface area contributed by atoms with Gasteiger partial charge in [-0.15, -0.1) is 0 Å². The predicted octanol–water partition coefficient (Wildman–Crippen LogP) is 6.73. The van der Waals surface area contributed by atoms with E-state index in [1.54, 1.807) is 60.8 Å². The number of methoxy groups -OCH3 is 1. The van der Waals surface area contributed by atoms with Gasteiger partial charge in [0.1, 0.15) is 18.1 Å². The van der Waals surface area contributed by atoms with E-state index in [1.165, 1.54) is 13.2 Å². The number of halogens is 1. The van der Waals surface area contributed by atoms with Crippen molar-refractivity contribution in [3.63, 3.8) is 0 Å². The third-order valence-electron chi connectivity index (χ3n) is 7.18. The van der Waals surface area contributed by atoms with Crippen molar-refractivity contribution in [2.45, 2.75) is 39.3 Å². The van der Waals surface area contributed by atoms with Crippen LogP contribution in [0.1, 0.15) is 46.8 Å². The van der Waals surface area contributed by atoms with E-state index < -0.39 is 11.9 Å². The van der Waals surface area contributed by atoms with Gasteiger partial charge in [0, 0.05) is 51.9 Å². The van der Waals surface area contributed by atoms with Crippen LogP contribution in [0.5, 0.6) is 23.0 Å². The number of aryl methyl sites for hydroxylation is 1. The van der Waals surface area contributed by atoms with Gasteiger partial charge < -0.3 is 29.2 Å². The fraction of sp³-hybridized carbons (Fsp3) is 0.242. The average Bonchev–Trinajstić information content (AvgIpc) is 3.64. The minimum absolute atomic E-state index is 0.0195. The molecule has 0 fully saturated rings. The van der Waals surface area contributed by atoms with E-state index in [0.717, 1.165) is 12.8 Å². The molecule has 0 bridgehead atoms. The number of rotatable bonds is 13. The molecule has 44 heavy (non-hydrogen) atoms. The van der Waals surface area contributed by atoms with Crippen LogP contribution >= 0.6 is 11.6 Å². The molecule has 1 aliphatic rings. The summed E-state index contributed by atoms with van der Waals surface area (Å²) in [5, 5.41) is 24.9. The maximum atomic E-state index is 12.5. The quantitative estimate of drug-likeness (QED) is 0.157. The van der Waals surface area contributed by atoms with Gasteiger partial charge in [0.15, 0.2) is 11.5 Å². The van der Waals surface area contributed by atoms with Gasteiger partial charge in [0.2, 0.25) is 6.79 Å². The molecule has 0 amide bonds. The number of carboxylic acids is 2. The number of carboxylic acid groups (broad SMARTS) is 2. The second-order valence-corrected chi connectivity index (χ2v) is 10.5. The predicted molar refractivity (Wildman–Crippen MR) is 164 cm³/mol. The minimum atomic E-state index is -1.10. The number of aliphatic carboxylic acids is 1. The van der Waals surface area contributed by atoms with Crippen molar-refractivity contribution < 1.29 is 38.7 Å². The van der Waals surface area contributed by atoms with Gasteiger partial charge in [0.05, 0.1) is 24.6 Å². The van der Waals surface area contributed by atoms with Crippen molar-refractivity contribution >= 4 is 29.6 Å². The molecule has 2 N–H and O–H groups in total. The van der Waals surface area contributed by atoms with Gasteiger partial charge in [-0.3, -0.25) is 4.68 Å². The summed E-state index contributed by atoms with van der Waals surface area (Å²) < 4.78 is 24.5. The molecule has 5 rings (SSSR count). The highest BCUT2D eigenvalue weighted by Crippen LogP contribution is 2.40. The van der Waals surface area contributed by atoms with Crippen LogP contribution in [0, 0.1) is 0 Å². The molecule has 0 atom stereocenters. The Balaban J connectivity index is 1.56. The van der Waals surface area contributed by atoms with E-state index in [-0.39, 0.29) is 31.0 Å². The zero-order valence-electron chi connectivity index (χ0n) is 24.2. The second-order valence-electron chi connectivity index (χ2n) is 10.1. The number of hydrogen-bond acceptors (Lipinski definition) is 7. The molecule has 11 heteroatoms. The largest absolute Gasteiger partial charge is 0.496 e.